The number of rotatable bonds is 2. The second-order valence-electron chi connectivity index (χ2n) is 14.7. The van der Waals surface area contributed by atoms with Crippen molar-refractivity contribution < 1.29 is 9.15 Å². The maximum absolute atomic E-state index is 7.05. The zero-order valence-electron chi connectivity index (χ0n) is 28.6. The number of nitrogens with zero attached hydrogens (tertiary/aromatic N) is 2. The summed E-state index contributed by atoms with van der Waals surface area (Å²) in [5.74, 6) is 0.954. The number of benzene rings is 6. The van der Waals surface area contributed by atoms with Gasteiger partial charge < -0.3 is 19.0 Å². The average molecular weight is 671 g/mol. The minimum atomic E-state index is -0.149. The number of para-hydroxylation sites is 3. The van der Waals surface area contributed by atoms with Gasteiger partial charge in [0.1, 0.15) is 11.7 Å². The molecule has 6 aromatic carbocycles. The lowest BCUT2D eigenvalue weighted by Gasteiger charge is -2.36. The Labute approximate surface area is 301 Å². The van der Waals surface area contributed by atoms with Gasteiger partial charge in [0.15, 0.2) is 11.3 Å². The van der Waals surface area contributed by atoms with Gasteiger partial charge in [0.25, 0.3) is 0 Å². The Balaban J connectivity index is 1.01. The molecule has 0 saturated heterocycles. The van der Waals surface area contributed by atoms with Crippen LogP contribution in [-0.2, 0) is 12.8 Å². The molecule has 2 unspecified atom stereocenters. The second-order valence-corrected chi connectivity index (χ2v) is 14.7. The molecule has 248 valence electrons. The first-order valence-corrected chi connectivity index (χ1v) is 18.5. The highest BCUT2D eigenvalue weighted by atomic mass is 16.5. The third kappa shape index (κ3) is 3.92. The molecule has 5 aliphatic rings. The van der Waals surface area contributed by atoms with Crippen molar-refractivity contribution in [1.82, 2.24) is 0 Å². The summed E-state index contributed by atoms with van der Waals surface area (Å²) in [6.45, 7) is 0. The largest absolute Gasteiger partial charge is 0.481 e. The Kier molecular flexibility index (Phi) is 5.81. The zero-order chi connectivity index (χ0) is 33.9. The van der Waals surface area contributed by atoms with Gasteiger partial charge in [-0.25, -0.2) is 0 Å². The minimum absolute atomic E-state index is 0.0849. The van der Waals surface area contributed by atoms with E-state index < -0.39 is 0 Å². The van der Waals surface area contributed by atoms with Crippen LogP contribution in [0.15, 0.2) is 167 Å². The first-order valence-electron chi connectivity index (χ1n) is 18.5. The van der Waals surface area contributed by atoms with Gasteiger partial charge in [-0.3, -0.25) is 0 Å². The van der Waals surface area contributed by atoms with Crippen molar-refractivity contribution in [2.45, 2.75) is 37.7 Å². The maximum atomic E-state index is 7.05. The molecular weight excluding hydrogens is 637 g/mol. The monoisotopic (exact) mass is 670 g/mol. The first-order chi connectivity index (χ1) is 25.8. The fourth-order valence-electron chi connectivity index (χ4n) is 9.59. The standard InChI is InChI=1S/C48H34N2O2/c1-7-17-39-29(11-1)25-30-12-2-8-18-40(30)49(39)33-21-23-37-43(27-33)51-47-45(37)35-15-5-6-16-36(35)46-38-24-22-34(28-44(38)52-48(46)47)50-41-19-9-3-13-31(41)26-32-14-4-10-20-42(32)50/h1-9,11-19,21-24,27-28,37,43H,10,20,25-26H2. The molecule has 0 spiro atoms. The Morgan fingerprint density at radius 2 is 1.33 bits per heavy atom. The fraction of sp³-hybridized carbons (Fsp3) is 0.125. The summed E-state index contributed by atoms with van der Waals surface area (Å²) in [5, 5.41) is 4.68. The van der Waals surface area contributed by atoms with E-state index in [1.807, 2.05) is 0 Å². The van der Waals surface area contributed by atoms with Crippen molar-refractivity contribution in [3.05, 3.63) is 185 Å². The molecule has 4 nitrogen and oxygen atoms in total. The fourth-order valence-corrected chi connectivity index (χ4v) is 9.59. The van der Waals surface area contributed by atoms with Crippen LogP contribution in [-0.4, -0.2) is 6.10 Å². The van der Waals surface area contributed by atoms with Crippen LogP contribution < -0.4 is 14.5 Å². The number of hydrogen-bond acceptors (Lipinski definition) is 4. The highest BCUT2D eigenvalue weighted by Crippen LogP contribution is 2.54. The molecule has 0 saturated carbocycles. The maximum Gasteiger partial charge on any atom is 0.178 e. The van der Waals surface area contributed by atoms with Crippen LogP contribution in [0.5, 0.6) is 5.75 Å². The molecule has 1 aromatic heterocycles. The van der Waals surface area contributed by atoms with Crippen molar-refractivity contribution in [2.24, 2.45) is 0 Å². The third-order valence-electron chi connectivity index (χ3n) is 11.8. The summed E-state index contributed by atoms with van der Waals surface area (Å²) < 4.78 is 14.0. The Hall–Kier alpha value is -6.26. The van der Waals surface area contributed by atoms with Gasteiger partial charge in [-0.15, -0.1) is 0 Å². The van der Waals surface area contributed by atoms with Crippen molar-refractivity contribution in [3.63, 3.8) is 0 Å². The van der Waals surface area contributed by atoms with Crippen molar-refractivity contribution in [3.8, 4) is 5.75 Å². The molecule has 0 N–H and O–H groups in total. The normalized spacial score (nSPS) is 19.6. The summed E-state index contributed by atoms with van der Waals surface area (Å²) in [6, 6.07) is 41.9. The van der Waals surface area contributed by atoms with E-state index in [0.717, 1.165) is 64.8 Å². The number of hydrogen-bond donors (Lipinski definition) is 0. The van der Waals surface area contributed by atoms with Crippen LogP contribution in [0.25, 0.3) is 32.7 Å². The van der Waals surface area contributed by atoms with E-state index in [4.69, 9.17) is 9.15 Å². The third-order valence-corrected chi connectivity index (χ3v) is 11.8. The van der Waals surface area contributed by atoms with E-state index in [2.05, 4.69) is 155 Å². The molecule has 12 rings (SSSR count). The number of furan rings is 1. The van der Waals surface area contributed by atoms with Crippen molar-refractivity contribution in [2.75, 3.05) is 9.80 Å². The minimum Gasteiger partial charge on any atom is -0.481 e. The van der Waals surface area contributed by atoms with E-state index in [1.54, 1.807) is 0 Å². The van der Waals surface area contributed by atoms with Crippen molar-refractivity contribution in [1.29, 1.82) is 0 Å². The lowest BCUT2D eigenvalue weighted by molar-refractivity contribution is 0.267. The molecule has 0 bridgehead atoms. The van der Waals surface area contributed by atoms with Crippen LogP contribution in [0.3, 0.4) is 0 Å². The first kappa shape index (κ1) is 28.4. The zero-order valence-corrected chi connectivity index (χ0v) is 28.6. The highest BCUT2D eigenvalue weighted by molar-refractivity contribution is 6.22. The Bertz CT molecular complexity index is 2770. The van der Waals surface area contributed by atoms with Crippen LogP contribution in [0.2, 0.25) is 0 Å². The Morgan fingerprint density at radius 1 is 0.635 bits per heavy atom. The summed E-state index contributed by atoms with van der Waals surface area (Å²) in [7, 11) is 0. The summed E-state index contributed by atoms with van der Waals surface area (Å²) >= 11 is 0. The van der Waals surface area contributed by atoms with Crippen LogP contribution in [0, 0.1) is 0 Å². The summed E-state index contributed by atoms with van der Waals surface area (Å²) in [4.78, 5) is 4.87. The molecule has 0 fully saturated rings. The molecule has 52 heavy (non-hydrogen) atoms. The predicted molar refractivity (Wildman–Crippen MR) is 211 cm³/mol. The van der Waals surface area contributed by atoms with Crippen LogP contribution >= 0.6 is 0 Å². The van der Waals surface area contributed by atoms with Crippen LogP contribution in [0.4, 0.5) is 22.7 Å². The number of allylic oxidation sites excluding steroid dienone is 5. The SMILES string of the molecule is C1=CC2=C(CC1)N(c1ccc3c(c1)oc1c4c(c5ccccc5c13)C1C=CC(N3c5ccccc5Cc5ccccc53)=CC1O4)c1ccccc1C2. The number of anilines is 4. The average Bonchev–Trinajstić information content (AvgIpc) is 3.78. The van der Waals surface area contributed by atoms with Gasteiger partial charge in [0.2, 0.25) is 0 Å². The lowest BCUT2D eigenvalue weighted by atomic mass is 9.86. The molecule has 0 radical (unpaired) electrons. The molecule has 3 aliphatic heterocycles. The van der Waals surface area contributed by atoms with Crippen molar-refractivity contribution >= 4 is 55.5 Å². The van der Waals surface area contributed by atoms with E-state index in [9.17, 15) is 0 Å². The smallest absolute Gasteiger partial charge is 0.178 e. The molecule has 2 atom stereocenters. The topological polar surface area (TPSA) is 28.9 Å². The number of fused-ring (bicyclic) bond motifs is 13. The number of ether oxygens (including phenoxy) is 1. The predicted octanol–water partition coefficient (Wildman–Crippen LogP) is 12.1. The van der Waals surface area contributed by atoms with Gasteiger partial charge in [-0.2, -0.15) is 0 Å². The summed E-state index contributed by atoms with van der Waals surface area (Å²) in [5.41, 5.74) is 15.8. The summed E-state index contributed by atoms with van der Waals surface area (Å²) in [6.07, 6.45) is 15.5. The van der Waals surface area contributed by atoms with Gasteiger partial charge in [0, 0.05) is 75.3 Å². The van der Waals surface area contributed by atoms with E-state index >= 15 is 0 Å². The molecule has 4 heteroatoms. The molecule has 4 heterocycles. The van der Waals surface area contributed by atoms with Gasteiger partial charge in [-0.05, 0) is 88.4 Å². The Morgan fingerprint density at radius 3 is 2.12 bits per heavy atom. The molecule has 0 amide bonds. The van der Waals surface area contributed by atoms with Gasteiger partial charge in [-0.1, -0.05) is 97.1 Å². The van der Waals surface area contributed by atoms with Crippen LogP contribution in [0.1, 0.15) is 41.0 Å². The molecule has 2 aliphatic carbocycles. The van der Waals surface area contributed by atoms with Gasteiger partial charge in [0.05, 0.1) is 0 Å². The highest BCUT2D eigenvalue weighted by Gasteiger charge is 2.40. The van der Waals surface area contributed by atoms with E-state index in [0.29, 0.717) is 0 Å². The lowest BCUT2D eigenvalue weighted by Crippen LogP contribution is -2.27. The van der Waals surface area contributed by atoms with Gasteiger partial charge >= 0.3 is 0 Å². The molecule has 7 aromatic rings. The van der Waals surface area contributed by atoms with E-state index in [1.165, 1.54) is 61.4 Å². The van der Waals surface area contributed by atoms with E-state index in [-0.39, 0.29) is 12.0 Å². The second kappa shape index (κ2) is 10.6. The molecular formula is C48H34N2O2. The quantitative estimate of drug-likeness (QED) is 0.183.